The van der Waals surface area contributed by atoms with Crippen LogP contribution < -0.4 is 10.6 Å². The number of carbonyl (C=O) groups excluding carboxylic acids is 3. The number of ether oxygens (including phenoxy) is 1. The third kappa shape index (κ3) is 9.05. The second-order valence-electron chi connectivity index (χ2n) is 6.59. The highest BCUT2D eigenvalue weighted by Crippen LogP contribution is 2.21. The number of benzene rings is 2. The molecule has 0 aliphatic rings. The van der Waals surface area contributed by atoms with Crippen molar-refractivity contribution in [2.45, 2.75) is 24.7 Å². The molecule has 0 aliphatic carbocycles. The number of amides is 2. The summed E-state index contributed by atoms with van der Waals surface area (Å²) in [6.07, 6.45) is 3.45. The normalized spacial score (nSPS) is 10.5. The molecule has 2 aromatic carbocycles. The van der Waals surface area contributed by atoms with Crippen molar-refractivity contribution >= 4 is 46.9 Å². The van der Waals surface area contributed by atoms with E-state index in [1.54, 1.807) is 48.5 Å². The summed E-state index contributed by atoms with van der Waals surface area (Å²) in [5, 5.41) is 13.8. The molecule has 2 rings (SSSR count). The number of unbranched alkanes of at least 4 members (excludes halogenated alkanes) is 1. The zero-order valence-electron chi connectivity index (χ0n) is 17.5. The molecule has 0 unspecified atom stereocenters. The van der Waals surface area contributed by atoms with Crippen molar-refractivity contribution < 1.29 is 29.0 Å². The lowest BCUT2D eigenvalue weighted by atomic mass is 10.2. The number of hydrogen-bond donors (Lipinski definition) is 3. The number of carboxylic acids is 1. The van der Waals surface area contributed by atoms with Gasteiger partial charge in [0.2, 0.25) is 11.8 Å². The second-order valence-corrected chi connectivity index (χ2v) is 7.64. The summed E-state index contributed by atoms with van der Waals surface area (Å²) < 4.78 is 5.15. The first-order chi connectivity index (χ1) is 15.4. The fourth-order valence-corrected chi connectivity index (χ4v) is 3.09. The molecule has 3 N–H and O–H groups in total. The average molecular weight is 457 g/mol. The van der Waals surface area contributed by atoms with Gasteiger partial charge >= 0.3 is 11.9 Å². The van der Waals surface area contributed by atoms with Crippen LogP contribution in [0.4, 0.5) is 11.4 Å². The predicted octanol–water partition coefficient (Wildman–Crippen LogP) is 3.95. The summed E-state index contributed by atoms with van der Waals surface area (Å²) in [7, 11) is 0. The van der Waals surface area contributed by atoms with E-state index < -0.39 is 11.9 Å². The molecule has 2 aromatic rings. The minimum Gasteiger partial charge on any atom is -0.478 e. The molecule has 0 saturated heterocycles. The average Bonchev–Trinajstić information content (AvgIpc) is 2.78. The predicted molar refractivity (Wildman–Crippen MR) is 123 cm³/mol. The maximum Gasteiger partial charge on any atom is 0.338 e. The van der Waals surface area contributed by atoms with E-state index in [1.165, 1.54) is 11.8 Å². The van der Waals surface area contributed by atoms with Crippen molar-refractivity contribution in [1.82, 2.24) is 0 Å². The van der Waals surface area contributed by atoms with Crippen LogP contribution in [0.15, 0.2) is 65.6 Å². The smallest absolute Gasteiger partial charge is 0.338 e. The number of esters is 1. The first-order valence-corrected chi connectivity index (χ1v) is 10.9. The van der Waals surface area contributed by atoms with Gasteiger partial charge in [0.1, 0.15) is 0 Å². The first-order valence-electron chi connectivity index (χ1n) is 9.89. The summed E-state index contributed by atoms with van der Waals surface area (Å²) in [4.78, 5) is 46.9. The van der Waals surface area contributed by atoms with Crippen molar-refractivity contribution in [2.75, 3.05) is 23.0 Å². The van der Waals surface area contributed by atoms with E-state index in [4.69, 9.17) is 9.84 Å². The lowest BCUT2D eigenvalue weighted by molar-refractivity contribution is -0.131. The number of thioether (sulfide) groups is 1. The lowest BCUT2D eigenvalue weighted by Gasteiger charge is -2.08. The topological polar surface area (TPSA) is 122 Å². The number of hydrogen-bond acceptors (Lipinski definition) is 6. The van der Waals surface area contributed by atoms with E-state index in [-0.39, 0.29) is 17.6 Å². The molecule has 0 atom stereocenters. The highest BCUT2D eigenvalue weighted by atomic mass is 32.2. The van der Waals surface area contributed by atoms with Gasteiger partial charge in [0.05, 0.1) is 17.9 Å². The van der Waals surface area contributed by atoms with Gasteiger partial charge in [-0.05, 0) is 55.0 Å². The van der Waals surface area contributed by atoms with Crippen LogP contribution in [-0.2, 0) is 19.1 Å². The Hall–Kier alpha value is -3.59. The van der Waals surface area contributed by atoms with E-state index in [0.717, 1.165) is 29.9 Å². The van der Waals surface area contributed by atoms with Crippen LogP contribution in [0.3, 0.4) is 0 Å². The van der Waals surface area contributed by atoms with Gasteiger partial charge in [0, 0.05) is 28.4 Å². The van der Waals surface area contributed by atoms with Gasteiger partial charge < -0.3 is 20.5 Å². The van der Waals surface area contributed by atoms with E-state index >= 15 is 0 Å². The molecule has 0 heterocycles. The Morgan fingerprint density at radius 2 is 1.56 bits per heavy atom. The summed E-state index contributed by atoms with van der Waals surface area (Å²) >= 11 is 1.32. The highest BCUT2D eigenvalue weighted by Gasteiger charge is 2.08. The van der Waals surface area contributed by atoms with Crippen molar-refractivity contribution in [3.05, 3.63) is 66.2 Å². The quantitative estimate of drug-likeness (QED) is 0.202. The van der Waals surface area contributed by atoms with Crippen LogP contribution >= 0.6 is 11.8 Å². The molecule has 9 heteroatoms. The van der Waals surface area contributed by atoms with E-state index in [0.29, 0.717) is 23.5 Å². The molecule has 32 heavy (non-hydrogen) atoms. The number of carbonyl (C=O) groups is 4. The van der Waals surface area contributed by atoms with Gasteiger partial charge in [-0.3, -0.25) is 9.59 Å². The summed E-state index contributed by atoms with van der Waals surface area (Å²) in [5.41, 5.74) is 1.51. The number of carboxylic acid groups (broad SMARTS) is 1. The second kappa shape index (κ2) is 13.0. The number of anilines is 2. The Morgan fingerprint density at radius 1 is 0.938 bits per heavy atom. The zero-order valence-corrected chi connectivity index (χ0v) is 18.3. The van der Waals surface area contributed by atoms with Crippen LogP contribution in [-0.4, -0.2) is 41.2 Å². The molecule has 0 aliphatic heterocycles. The van der Waals surface area contributed by atoms with Crippen LogP contribution in [0.5, 0.6) is 0 Å². The molecule has 0 bridgehead atoms. The van der Waals surface area contributed by atoms with Gasteiger partial charge in [-0.15, -0.1) is 11.8 Å². The molecule has 0 aromatic heterocycles. The number of rotatable bonds is 11. The Labute approximate surface area is 190 Å². The Morgan fingerprint density at radius 3 is 2.19 bits per heavy atom. The molecule has 168 valence electrons. The highest BCUT2D eigenvalue weighted by molar-refractivity contribution is 8.00. The van der Waals surface area contributed by atoms with Crippen LogP contribution in [0.2, 0.25) is 0 Å². The SMILES string of the molecule is CCCCOC(=O)c1ccc(NC(=O)CSc2ccc(NC(=O)/C=C/C(=O)O)cc2)cc1. The van der Waals surface area contributed by atoms with E-state index in [9.17, 15) is 19.2 Å². The summed E-state index contributed by atoms with van der Waals surface area (Å²) in [6.45, 7) is 2.41. The standard InChI is InChI=1S/C23H24N2O6S/c1-2-3-14-31-23(30)16-4-6-17(7-5-16)25-21(27)15-32-19-10-8-18(9-11-19)24-20(26)12-13-22(28)29/h4-13H,2-3,14-15H2,1H3,(H,24,26)(H,25,27)(H,28,29)/b13-12+. The van der Waals surface area contributed by atoms with Crippen molar-refractivity contribution in [3.63, 3.8) is 0 Å². The summed E-state index contributed by atoms with van der Waals surface area (Å²) in [5.74, 6) is -2.17. The zero-order chi connectivity index (χ0) is 23.3. The van der Waals surface area contributed by atoms with Crippen molar-refractivity contribution in [3.8, 4) is 0 Å². The molecule has 0 fully saturated rings. The Bertz CT molecular complexity index is 971. The molecule has 0 radical (unpaired) electrons. The molecular weight excluding hydrogens is 432 g/mol. The van der Waals surface area contributed by atoms with Crippen LogP contribution in [0.25, 0.3) is 0 Å². The van der Waals surface area contributed by atoms with Crippen LogP contribution in [0, 0.1) is 0 Å². The fourth-order valence-electron chi connectivity index (χ4n) is 2.39. The van der Waals surface area contributed by atoms with Gasteiger partial charge in [-0.2, -0.15) is 0 Å². The minimum absolute atomic E-state index is 0.174. The van der Waals surface area contributed by atoms with E-state index in [1.807, 2.05) is 6.92 Å². The van der Waals surface area contributed by atoms with Gasteiger partial charge in [0.25, 0.3) is 0 Å². The summed E-state index contributed by atoms with van der Waals surface area (Å²) in [6, 6.07) is 13.3. The first kappa shape index (κ1) is 24.7. The fraction of sp³-hybridized carbons (Fsp3) is 0.217. The molecule has 8 nitrogen and oxygen atoms in total. The molecule has 0 saturated carbocycles. The molecule has 2 amide bonds. The van der Waals surface area contributed by atoms with Gasteiger partial charge in [-0.1, -0.05) is 13.3 Å². The van der Waals surface area contributed by atoms with Crippen molar-refractivity contribution in [2.24, 2.45) is 0 Å². The largest absolute Gasteiger partial charge is 0.478 e. The maximum atomic E-state index is 12.2. The third-order valence-electron chi connectivity index (χ3n) is 4.00. The lowest BCUT2D eigenvalue weighted by Crippen LogP contribution is -2.14. The number of aliphatic carboxylic acids is 1. The van der Waals surface area contributed by atoms with Gasteiger partial charge in [0.15, 0.2) is 0 Å². The minimum atomic E-state index is -1.20. The Balaban J connectivity index is 1.78. The van der Waals surface area contributed by atoms with E-state index in [2.05, 4.69) is 10.6 Å². The molecule has 0 spiro atoms. The van der Waals surface area contributed by atoms with Gasteiger partial charge in [-0.25, -0.2) is 9.59 Å². The Kier molecular flexibility index (Phi) is 9.99. The van der Waals surface area contributed by atoms with Crippen LogP contribution in [0.1, 0.15) is 30.1 Å². The maximum absolute atomic E-state index is 12.2. The van der Waals surface area contributed by atoms with Crippen molar-refractivity contribution in [1.29, 1.82) is 0 Å². The third-order valence-corrected chi connectivity index (χ3v) is 5.02. The number of nitrogens with one attached hydrogen (secondary N) is 2. The molecular formula is C23H24N2O6S. The monoisotopic (exact) mass is 456 g/mol.